The molecule has 0 fully saturated rings. The normalized spacial score (nSPS) is 10.7. The Labute approximate surface area is 186 Å². The SMILES string of the molecule is COc1cc(C(=O)NCc2nc3ccccc3n2Cc2ccccc2)cc(OC)c1OC. The largest absolute Gasteiger partial charge is 0.493 e. The van der Waals surface area contributed by atoms with E-state index < -0.39 is 0 Å². The number of carbonyl (C=O) groups is 1. The van der Waals surface area contributed by atoms with Crippen molar-refractivity contribution in [2.75, 3.05) is 21.3 Å². The summed E-state index contributed by atoms with van der Waals surface area (Å²) in [5, 5.41) is 2.97. The van der Waals surface area contributed by atoms with Crippen LogP contribution in [0.15, 0.2) is 66.7 Å². The minimum atomic E-state index is -0.262. The van der Waals surface area contributed by atoms with Crippen LogP contribution in [0, 0.1) is 0 Å². The summed E-state index contributed by atoms with van der Waals surface area (Å²) >= 11 is 0. The highest BCUT2D eigenvalue weighted by atomic mass is 16.5. The minimum Gasteiger partial charge on any atom is -0.493 e. The van der Waals surface area contributed by atoms with Gasteiger partial charge in [-0.3, -0.25) is 4.79 Å². The molecule has 3 aromatic carbocycles. The van der Waals surface area contributed by atoms with Crippen molar-refractivity contribution in [1.29, 1.82) is 0 Å². The van der Waals surface area contributed by atoms with Gasteiger partial charge in [0.2, 0.25) is 5.75 Å². The summed E-state index contributed by atoms with van der Waals surface area (Å²) in [7, 11) is 4.56. The number of imidazole rings is 1. The summed E-state index contributed by atoms with van der Waals surface area (Å²) in [4.78, 5) is 17.7. The van der Waals surface area contributed by atoms with Gasteiger partial charge < -0.3 is 24.1 Å². The maximum Gasteiger partial charge on any atom is 0.251 e. The van der Waals surface area contributed by atoms with Gasteiger partial charge in [0.1, 0.15) is 5.82 Å². The number of ether oxygens (including phenoxy) is 3. The predicted molar refractivity (Wildman–Crippen MR) is 123 cm³/mol. The number of nitrogens with one attached hydrogen (secondary N) is 1. The molecule has 0 atom stereocenters. The van der Waals surface area contributed by atoms with Crippen molar-refractivity contribution >= 4 is 16.9 Å². The second-order valence-corrected chi connectivity index (χ2v) is 7.19. The van der Waals surface area contributed by atoms with E-state index >= 15 is 0 Å². The lowest BCUT2D eigenvalue weighted by Gasteiger charge is -2.14. The number of hydrogen-bond donors (Lipinski definition) is 1. The summed E-state index contributed by atoms with van der Waals surface area (Å²) in [5.41, 5.74) is 3.48. The summed E-state index contributed by atoms with van der Waals surface area (Å²) in [6.07, 6.45) is 0. The minimum absolute atomic E-state index is 0.262. The average Bonchev–Trinajstić information content (AvgIpc) is 3.19. The van der Waals surface area contributed by atoms with Crippen molar-refractivity contribution in [2.24, 2.45) is 0 Å². The van der Waals surface area contributed by atoms with E-state index in [2.05, 4.69) is 22.0 Å². The van der Waals surface area contributed by atoms with Crippen molar-refractivity contribution in [3.63, 3.8) is 0 Å². The lowest BCUT2D eigenvalue weighted by atomic mass is 10.1. The Bertz CT molecular complexity index is 1210. The van der Waals surface area contributed by atoms with E-state index in [1.807, 2.05) is 42.5 Å². The van der Waals surface area contributed by atoms with Crippen LogP contribution in [0.25, 0.3) is 11.0 Å². The van der Waals surface area contributed by atoms with Gasteiger partial charge in [0.25, 0.3) is 5.91 Å². The highest BCUT2D eigenvalue weighted by Crippen LogP contribution is 2.38. The van der Waals surface area contributed by atoms with E-state index in [-0.39, 0.29) is 12.5 Å². The maximum absolute atomic E-state index is 12.9. The third-order valence-electron chi connectivity index (χ3n) is 5.25. The lowest BCUT2D eigenvalue weighted by Crippen LogP contribution is -2.25. The second kappa shape index (κ2) is 9.43. The molecule has 0 saturated carbocycles. The Morgan fingerprint density at radius 1 is 0.906 bits per heavy atom. The highest BCUT2D eigenvalue weighted by molar-refractivity contribution is 5.95. The van der Waals surface area contributed by atoms with Crippen LogP contribution in [0.1, 0.15) is 21.7 Å². The molecule has 0 aliphatic carbocycles. The number of methoxy groups -OCH3 is 3. The van der Waals surface area contributed by atoms with Gasteiger partial charge in [-0.2, -0.15) is 0 Å². The van der Waals surface area contributed by atoms with Gasteiger partial charge in [0, 0.05) is 12.1 Å². The van der Waals surface area contributed by atoms with Gasteiger partial charge in [-0.25, -0.2) is 4.98 Å². The first-order valence-corrected chi connectivity index (χ1v) is 10.2. The molecule has 4 rings (SSSR count). The van der Waals surface area contributed by atoms with Gasteiger partial charge in [-0.15, -0.1) is 0 Å². The number of rotatable bonds is 8. The molecule has 7 nitrogen and oxygen atoms in total. The smallest absolute Gasteiger partial charge is 0.251 e. The standard InChI is InChI=1S/C25H25N3O4/c1-30-21-13-18(14-22(31-2)24(21)32-3)25(29)26-15-23-27-19-11-7-8-12-20(19)28(23)16-17-9-5-4-6-10-17/h4-14H,15-16H2,1-3H3,(H,26,29). The van der Waals surface area contributed by atoms with Crippen LogP contribution in [-0.4, -0.2) is 36.8 Å². The Balaban J connectivity index is 1.61. The third kappa shape index (κ3) is 4.23. The summed E-state index contributed by atoms with van der Waals surface area (Å²) < 4.78 is 18.2. The lowest BCUT2D eigenvalue weighted by molar-refractivity contribution is 0.0948. The van der Waals surface area contributed by atoms with Crippen molar-refractivity contribution in [3.05, 3.63) is 83.7 Å². The third-order valence-corrected chi connectivity index (χ3v) is 5.25. The number of para-hydroxylation sites is 2. The Hall–Kier alpha value is -4.00. The average molecular weight is 431 g/mol. The molecule has 32 heavy (non-hydrogen) atoms. The zero-order valence-electron chi connectivity index (χ0n) is 18.3. The molecule has 1 aromatic heterocycles. The Morgan fingerprint density at radius 2 is 1.56 bits per heavy atom. The zero-order chi connectivity index (χ0) is 22.5. The van der Waals surface area contributed by atoms with Crippen molar-refractivity contribution in [2.45, 2.75) is 13.1 Å². The van der Waals surface area contributed by atoms with Crippen LogP contribution in [0.3, 0.4) is 0 Å². The van der Waals surface area contributed by atoms with E-state index in [1.54, 1.807) is 12.1 Å². The first kappa shape index (κ1) is 21.2. The number of carbonyl (C=O) groups excluding carboxylic acids is 1. The molecule has 7 heteroatoms. The molecule has 0 unspecified atom stereocenters. The van der Waals surface area contributed by atoms with Crippen LogP contribution < -0.4 is 19.5 Å². The molecule has 1 amide bonds. The van der Waals surface area contributed by atoms with E-state index in [4.69, 9.17) is 19.2 Å². The topological polar surface area (TPSA) is 74.6 Å². The Morgan fingerprint density at radius 3 is 2.22 bits per heavy atom. The molecule has 0 radical (unpaired) electrons. The monoisotopic (exact) mass is 431 g/mol. The fourth-order valence-corrected chi connectivity index (χ4v) is 3.68. The van der Waals surface area contributed by atoms with Crippen molar-refractivity contribution in [1.82, 2.24) is 14.9 Å². The molecule has 0 bridgehead atoms. The second-order valence-electron chi connectivity index (χ2n) is 7.19. The van der Waals surface area contributed by atoms with Gasteiger partial charge in [-0.1, -0.05) is 42.5 Å². The van der Waals surface area contributed by atoms with Gasteiger partial charge >= 0.3 is 0 Å². The van der Waals surface area contributed by atoms with Crippen molar-refractivity contribution in [3.8, 4) is 17.2 Å². The first-order valence-electron chi connectivity index (χ1n) is 10.2. The predicted octanol–water partition coefficient (Wildman–Crippen LogP) is 4.04. The number of nitrogens with zero attached hydrogens (tertiary/aromatic N) is 2. The van der Waals surface area contributed by atoms with Crippen LogP contribution >= 0.6 is 0 Å². The van der Waals surface area contributed by atoms with Crippen LogP contribution in [0.2, 0.25) is 0 Å². The van der Waals surface area contributed by atoms with E-state index in [0.717, 1.165) is 22.4 Å². The maximum atomic E-state index is 12.9. The molecular weight excluding hydrogens is 406 g/mol. The van der Waals surface area contributed by atoms with Crippen molar-refractivity contribution < 1.29 is 19.0 Å². The fraction of sp³-hybridized carbons (Fsp3) is 0.200. The highest BCUT2D eigenvalue weighted by Gasteiger charge is 2.18. The van der Waals surface area contributed by atoms with E-state index in [9.17, 15) is 4.79 Å². The quantitative estimate of drug-likeness (QED) is 0.456. The number of benzene rings is 3. The molecule has 1 N–H and O–H groups in total. The molecule has 0 aliphatic rings. The molecular formula is C25H25N3O4. The van der Waals surface area contributed by atoms with E-state index in [1.165, 1.54) is 21.3 Å². The first-order chi connectivity index (χ1) is 15.6. The molecule has 0 saturated heterocycles. The summed E-state index contributed by atoms with van der Waals surface area (Å²) in [5.74, 6) is 1.80. The van der Waals surface area contributed by atoms with Crippen LogP contribution in [0.4, 0.5) is 0 Å². The number of fused-ring (bicyclic) bond motifs is 1. The summed E-state index contributed by atoms with van der Waals surface area (Å²) in [6, 6.07) is 21.4. The zero-order valence-corrected chi connectivity index (χ0v) is 18.3. The number of hydrogen-bond acceptors (Lipinski definition) is 5. The number of amides is 1. The summed E-state index contributed by atoms with van der Waals surface area (Å²) in [6.45, 7) is 0.938. The Kier molecular flexibility index (Phi) is 6.26. The molecule has 1 heterocycles. The molecule has 4 aromatic rings. The van der Waals surface area contributed by atoms with Crippen LogP contribution in [0.5, 0.6) is 17.2 Å². The van der Waals surface area contributed by atoms with E-state index in [0.29, 0.717) is 29.4 Å². The fourth-order valence-electron chi connectivity index (χ4n) is 3.68. The number of aromatic nitrogens is 2. The van der Waals surface area contributed by atoms with Gasteiger partial charge in [0.15, 0.2) is 11.5 Å². The molecule has 0 aliphatic heterocycles. The van der Waals surface area contributed by atoms with Gasteiger partial charge in [-0.05, 0) is 29.8 Å². The molecule has 164 valence electrons. The molecule has 0 spiro atoms. The van der Waals surface area contributed by atoms with Crippen LogP contribution in [-0.2, 0) is 13.1 Å². The van der Waals surface area contributed by atoms with Gasteiger partial charge in [0.05, 0.1) is 38.9 Å².